The molecule has 27 heavy (non-hydrogen) atoms. The fraction of sp³-hybridized carbons (Fsp3) is 0.316. The number of nitrogens with one attached hydrogen (secondary N) is 1. The number of hydrogen-bond donors (Lipinski definition) is 1. The number of carbonyl (C=O) groups is 1. The summed E-state index contributed by atoms with van der Waals surface area (Å²) in [7, 11) is -3.39. The lowest BCUT2D eigenvalue weighted by atomic mass is 10.1. The van der Waals surface area contributed by atoms with E-state index in [9.17, 15) is 13.2 Å². The Hall–Kier alpha value is -2.09. The first-order valence-electron chi connectivity index (χ1n) is 8.65. The molecule has 3 rings (SSSR count). The van der Waals surface area contributed by atoms with E-state index in [4.69, 9.17) is 11.6 Å². The molecule has 0 atom stereocenters. The summed E-state index contributed by atoms with van der Waals surface area (Å²) < 4.78 is 25.0. The number of carbonyl (C=O) groups excluding carboxylic acids is 1. The number of sulfonamides is 1. The Morgan fingerprint density at radius 3 is 2.33 bits per heavy atom. The molecule has 2 aromatic rings. The van der Waals surface area contributed by atoms with Crippen LogP contribution in [0.1, 0.15) is 15.9 Å². The molecule has 1 saturated heterocycles. The second kappa shape index (κ2) is 8.29. The number of halogens is 1. The second-order valence-electron chi connectivity index (χ2n) is 6.62. The average Bonchev–Trinajstić information content (AvgIpc) is 2.61. The minimum absolute atomic E-state index is 0.134. The van der Waals surface area contributed by atoms with Crippen LogP contribution in [0.4, 0.5) is 5.69 Å². The number of piperazine rings is 1. The van der Waals surface area contributed by atoms with Gasteiger partial charge >= 0.3 is 0 Å². The van der Waals surface area contributed by atoms with Crippen molar-refractivity contribution in [3.05, 3.63) is 64.7 Å². The summed E-state index contributed by atoms with van der Waals surface area (Å²) in [4.78, 5) is 16.9. The van der Waals surface area contributed by atoms with Crippen molar-refractivity contribution in [1.82, 2.24) is 9.80 Å². The molecule has 0 radical (unpaired) electrons. The summed E-state index contributed by atoms with van der Waals surface area (Å²) in [5, 5.41) is 0.236. The molecule has 0 aliphatic carbocycles. The number of hydrogen-bond acceptors (Lipinski definition) is 4. The highest BCUT2D eigenvalue weighted by molar-refractivity contribution is 7.92. The first-order valence-corrected chi connectivity index (χ1v) is 10.9. The van der Waals surface area contributed by atoms with Crippen molar-refractivity contribution < 1.29 is 13.2 Å². The van der Waals surface area contributed by atoms with Crippen LogP contribution in [0, 0.1) is 0 Å². The molecule has 1 aliphatic rings. The normalized spacial score (nSPS) is 15.6. The van der Waals surface area contributed by atoms with Gasteiger partial charge in [-0.15, -0.1) is 0 Å². The van der Waals surface area contributed by atoms with E-state index in [1.54, 1.807) is 17.0 Å². The molecule has 0 saturated carbocycles. The molecule has 1 heterocycles. The Morgan fingerprint density at radius 2 is 1.74 bits per heavy atom. The van der Waals surface area contributed by atoms with Crippen LogP contribution in [0.3, 0.4) is 0 Å². The van der Waals surface area contributed by atoms with Gasteiger partial charge in [-0.3, -0.25) is 14.4 Å². The van der Waals surface area contributed by atoms with Crippen LogP contribution in [0.2, 0.25) is 5.02 Å². The lowest BCUT2D eigenvalue weighted by molar-refractivity contribution is 0.0628. The molecule has 2 aromatic carbocycles. The van der Waals surface area contributed by atoms with Crippen molar-refractivity contribution >= 4 is 33.2 Å². The third-order valence-corrected chi connectivity index (χ3v) is 5.33. The minimum atomic E-state index is -3.39. The monoisotopic (exact) mass is 407 g/mol. The van der Waals surface area contributed by atoms with Gasteiger partial charge in [0.15, 0.2) is 0 Å². The highest BCUT2D eigenvalue weighted by atomic mass is 35.5. The van der Waals surface area contributed by atoms with E-state index in [1.165, 1.54) is 11.6 Å². The van der Waals surface area contributed by atoms with Gasteiger partial charge in [-0.2, -0.15) is 0 Å². The standard InChI is InChI=1S/C19H22ClN3O3S/c1-27(25,26)21-16-7-8-17(18(20)13-16)19(24)23-11-9-22(10-12-23)14-15-5-3-2-4-6-15/h2-8,13,21H,9-12,14H2,1H3. The first kappa shape index (κ1) is 19.7. The smallest absolute Gasteiger partial charge is 0.255 e. The van der Waals surface area contributed by atoms with Crippen molar-refractivity contribution in [1.29, 1.82) is 0 Å². The first-order chi connectivity index (χ1) is 12.8. The Bertz CT molecular complexity index is 911. The van der Waals surface area contributed by atoms with Crippen LogP contribution in [-0.2, 0) is 16.6 Å². The number of amides is 1. The topological polar surface area (TPSA) is 69.7 Å². The zero-order valence-electron chi connectivity index (χ0n) is 15.1. The molecule has 0 aromatic heterocycles. The molecule has 8 heteroatoms. The third-order valence-electron chi connectivity index (χ3n) is 4.41. The average molecular weight is 408 g/mol. The molecule has 0 unspecified atom stereocenters. The van der Waals surface area contributed by atoms with Crippen LogP contribution >= 0.6 is 11.6 Å². The minimum Gasteiger partial charge on any atom is -0.336 e. The van der Waals surface area contributed by atoms with Crippen LogP contribution in [0.25, 0.3) is 0 Å². The summed E-state index contributed by atoms with van der Waals surface area (Å²) in [6.07, 6.45) is 1.06. The van der Waals surface area contributed by atoms with Crippen LogP contribution in [0.5, 0.6) is 0 Å². The van der Waals surface area contributed by atoms with E-state index >= 15 is 0 Å². The van der Waals surface area contributed by atoms with E-state index < -0.39 is 10.0 Å². The largest absolute Gasteiger partial charge is 0.336 e. The van der Waals surface area contributed by atoms with Gasteiger partial charge in [0.05, 0.1) is 16.8 Å². The van der Waals surface area contributed by atoms with Crippen molar-refractivity contribution in [3.63, 3.8) is 0 Å². The summed E-state index contributed by atoms with van der Waals surface area (Å²) in [5.74, 6) is -0.134. The molecular weight excluding hydrogens is 386 g/mol. The maximum absolute atomic E-state index is 12.8. The predicted molar refractivity (Wildman–Crippen MR) is 108 cm³/mol. The quantitative estimate of drug-likeness (QED) is 0.827. The molecule has 1 fully saturated rings. The van der Waals surface area contributed by atoms with Crippen LogP contribution in [-0.4, -0.2) is 56.6 Å². The molecule has 1 amide bonds. The summed E-state index contributed by atoms with van der Waals surface area (Å²) in [6, 6.07) is 14.8. The zero-order chi connectivity index (χ0) is 19.4. The van der Waals surface area contributed by atoms with E-state index in [0.717, 1.165) is 25.9 Å². The third kappa shape index (κ3) is 5.45. The maximum Gasteiger partial charge on any atom is 0.255 e. The predicted octanol–water partition coefficient (Wildman–Crippen LogP) is 2.67. The zero-order valence-corrected chi connectivity index (χ0v) is 16.6. The highest BCUT2D eigenvalue weighted by Crippen LogP contribution is 2.23. The van der Waals surface area contributed by atoms with Gasteiger partial charge in [-0.05, 0) is 23.8 Å². The van der Waals surface area contributed by atoms with E-state index in [-0.39, 0.29) is 10.9 Å². The van der Waals surface area contributed by atoms with Crippen molar-refractivity contribution in [3.8, 4) is 0 Å². The number of nitrogens with zero attached hydrogens (tertiary/aromatic N) is 2. The van der Waals surface area contributed by atoms with Crippen molar-refractivity contribution in [2.75, 3.05) is 37.2 Å². The molecular formula is C19H22ClN3O3S. The Balaban J connectivity index is 1.60. The van der Waals surface area contributed by atoms with Gasteiger partial charge in [0.25, 0.3) is 5.91 Å². The summed E-state index contributed by atoms with van der Waals surface area (Å²) >= 11 is 6.22. The van der Waals surface area contributed by atoms with Gasteiger partial charge in [-0.25, -0.2) is 8.42 Å². The molecule has 0 spiro atoms. The number of rotatable bonds is 5. The highest BCUT2D eigenvalue weighted by Gasteiger charge is 2.23. The van der Waals surface area contributed by atoms with E-state index in [1.807, 2.05) is 18.2 Å². The number of anilines is 1. The fourth-order valence-corrected chi connectivity index (χ4v) is 3.90. The Kier molecular flexibility index (Phi) is 6.04. The van der Waals surface area contributed by atoms with E-state index in [2.05, 4.69) is 21.8 Å². The van der Waals surface area contributed by atoms with Gasteiger partial charge < -0.3 is 4.90 Å². The molecule has 6 nitrogen and oxygen atoms in total. The lowest BCUT2D eigenvalue weighted by Crippen LogP contribution is -2.48. The van der Waals surface area contributed by atoms with Crippen molar-refractivity contribution in [2.24, 2.45) is 0 Å². The molecule has 1 aliphatic heterocycles. The summed E-state index contributed by atoms with van der Waals surface area (Å²) in [6.45, 7) is 3.73. The van der Waals surface area contributed by atoms with Gasteiger partial charge in [0.2, 0.25) is 10.0 Å². The summed E-state index contributed by atoms with van der Waals surface area (Å²) in [5.41, 5.74) is 1.98. The SMILES string of the molecule is CS(=O)(=O)Nc1ccc(C(=O)N2CCN(Cc3ccccc3)CC2)c(Cl)c1. The second-order valence-corrected chi connectivity index (χ2v) is 8.78. The maximum atomic E-state index is 12.8. The van der Waals surface area contributed by atoms with Crippen molar-refractivity contribution in [2.45, 2.75) is 6.54 Å². The fourth-order valence-electron chi connectivity index (χ4n) is 3.09. The Morgan fingerprint density at radius 1 is 1.07 bits per heavy atom. The van der Waals surface area contributed by atoms with Crippen LogP contribution < -0.4 is 4.72 Å². The van der Waals surface area contributed by atoms with Crippen LogP contribution in [0.15, 0.2) is 48.5 Å². The number of benzene rings is 2. The van der Waals surface area contributed by atoms with Gasteiger partial charge in [0.1, 0.15) is 0 Å². The van der Waals surface area contributed by atoms with Gasteiger partial charge in [-0.1, -0.05) is 41.9 Å². The van der Waals surface area contributed by atoms with E-state index in [0.29, 0.717) is 24.3 Å². The Labute approximate surface area is 164 Å². The molecule has 144 valence electrons. The molecule has 0 bridgehead atoms. The van der Waals surface area contributed by atoms with Gasteiger partial charge in [0, 0.05) is 38.4 Å². The lowest BCUT2D eigenvalue weighted by Gasteiger charge is -2.35. The molecule has 1 N–H and O–H groups in total.